The Kier molecular flexibility index (Phi) is 5.11. The molecule has 0 spiro atoms. The van der Waals surface area contributed by atoms with Crippen LogP contribution in [0.5, 0.6) is 0 Å². The van der Waals surface area contributed by atoms with Crippen molar-refractivity contribution in [2.75, 3.05) is 19.6 Å². The maximum absolute atomic E-state index is 10.4. The van der Waals surface area contributed by atoms with Crippen molar-refractivity contribution in [3.63, 3.8) is 0 Å². The van der Waals surface area contributed by atoms with Gasteiger partial charge in [0, 0.05) is 13.1 Å². The molecule has 0 aromatic heterocycles. The standard InChI is InChI=1S/C19H31NO/c1-14-10-15(2)12-16(11-14)18(21)7-9-20-8-6-17(13-20)19(3,4)5/h10-12,17-18,21H,6-9,13H2,1-5H3. The number of hydrogen-bond acceptors (Lipinski definition) is 2. The third kappa shape index (κ3) is 4.55. The van der Waals surface area contributed by atoms with E-state index in [1.165, 1.54) is 30.6 Å². The first-order chi connectivity index (χ1) is 9.75. The zero-order chi connectivity index (χ0) is 15.6. The normalized spacial score (nSPS) is 21.7. The monoisotopic (exact) mass is 289 g/mol. The molecule has 1 N–H and O–H groups in total. The molecule has 1 aliphatic rings. The molecule has 1 aromatic rings. The lowest BCUT2D eigenvalue weighted by Gasteiger charge is -2.27. The second-order valence-electron chi connectivity index (χ2n) is 7.88. The number of hydrogen-bond donors (Lipinski definition) is 1. The lowest BCUT2D eigenvalue weighted by molar-refractivity contribution is 0.144. The lowest BCUT2D eigenvalue weighted by atomic mass is 9.80. The molecule has 0 aliphatic carbocycles. The van der Waals surface area contributed by atoms with Gasteiger partial charge in [-0.1, -0.05) is 50.1 Å². The van der Waals surface area contributed by atoms with Crippen LogP contribution in [0.1, 0.15) is 56.4 Å². The number of aliphatic hydroxyl groups excluding tert-OH is 1. The first kappa shape index (κ1) is 16.5. The van der Waals surface area contributed by atoms with E-state index in [0.717, 1.165) is 24.4 Å². The van der Waals surface area contributed by atoms with Crippen LogP contribution in [-0.2, 0) is 0 Å². The minimum absolute atomic E-state index is 0.336. The van der Waals surface area contributed by atoms with Crippen molar-refractivity contribution < 1.29 is 5.11 Å². The van der Waals surface area contributed by atoms with Gasteiger partial charge in [-0.3, -0.25) is 0 Å². The zero-order valence-corrected chi connectivity index (χ0v) is 14.3. The molecule has 2 unspecified atom stereocenters. The number of benzene rings is 1. The molecule has 0 radical (unpaired) electrons. The molecule has 118 valence electrons. The highest BCUT2D eigenvalue weighted by atomic mass is 16.3. The Bertz CT molecular complexity index is 455. The SMILES string of the molecule is Cc1cc(C)cc(C(O)CCN2CCC(C(C)(C)C)C2)c1. The van der Waals surface area contributed by atoms with E-state index in [4.69, 9.17) is 0 Å². The zero-order valence-electron chi connectivity index (χ0n) is 14.3. The largest absolute Gasteiger partial charge is 0.388 e. The summed E-state index contributed by atoms with van der Waals surface area (Å²) in [5.41, 5.74) is 3.94. The predicted molar refractivity (Wildman–Crippen MR) is 89.5 cm³/mol. The van der Waals surface area contributed by atoms with Gasteiger partial charge in [0.1, 0.15) is 0 Å². The first-order valence-corrected chi connectivity index (χ1v) is 8.24. The van der Waals surface area contributed by atoms with Crippen LogP contribution in [0.3, 0.4) is 0 Å². The molecule has 2 rings (SSSR count). The van der Waals surface area contributed by atoms with Crippen LogP contribution in [0, 0.1) is 25.2 Å². The highest BCUT2D eigenvalue weighted by Gasteiger charge is 2.31. The number of rotatable bonds is 4. The Balaban J connectivity index is 1.86. The van der Waals surface area contributed by atoms with Gasteiger partial charge in [-0.05, 0) is 50.1 Å². The summed E-state index contributed by atoms with van der Waals surface area (Å²) in [4.78, 5) is 2.52. The van der Waals surface area contributed by atoms with Gasteiger partial charge < -0.3 is 10.0 Å². The van der Waals surface area contributed by atoms with E-state index < -0.39 is 0 Å². The second-order valence-corrected chi connectivity index (χ2v) is 7.88. The van der Waals surface area contributed by atoms with Crippen LogP contribution in [0.15, 0.2) is 18.2 Å². The fourth-order valence-electron chi connectivity index (χ4n) is 3.42. The molecule has 1 saturated heterocycles. The molecule has 0 saturated carbocycles. The van der Waals surface area contributed by atoms with Gasteiger partial charge in [0.05, 0.1) is 6.10 Å². The summed E-state index contributed by atoms with van der Waals surface area (Å²) in [5, 5.41) is 10.4. The van der Waals surface area contributed by atoms with Gasteiger partial charge in [-0.15, -0.1) is 0 Å². The highest BCUT2D eigenvalue weighted by Crippen LogP contribution is 2.33. The molecule has 2 heteroatoms. The van der Waals surface area contributed by atoms with E-state index in [1.54, 1.807) is 0 Å². The summed E-state index contributed by atoms with van der Waals surface area (Å²) >= 11 is 0. The van der Waals surface area contributed by atoms with E-state index in [2.05, 4.69) is 57.7 Å². The minimum Gasteiger partial charge on any atom is -0.388 e. The van der Waals surface area contributed by atoms with Crippen molar-refractivity contribution in [1.82, 2.24) is 4.90 Å². The molecular formula is C19H31NO. The Morgan fingerprint density at radius 1 is 1.19 bits per heavy atom. The van der Waals surface area contributed by atoms with Gasteiger partial charge in [-0.25, -0.2) is 0 Å². The van der Waals surface area contributed by atoms with Gasteiger partial charge in [-0.2, -0.15) is 0 Å². The second kappa shape index (κ2) is 6.50. The molecule has 21 heavy (non-hydrogen) atoms. The van der Waals surface area contributed by atoms with E-state index in [1.807, 2.05) is 0 Å². The predicted octanol–water partition coefficient (Wildman–Crippen LogP) is 4.09. The molecule has 0 amide bonds. The van der Waals surface area contributed by atoms with Crippen LogP contribution < -0.4 is 0 Å². The number of nitrogens with zero attached hydrogens (tertiary/aromatic N) is 1. The molecule has 0 bridgehead atoms. The van der Waals surface area contributed by atoms with Crippen LogP contribution in [-0.4, -0.2) is 29.6 Å². The van der Waals surface area contributed by atoms with E-state index in [-0.39, 0.29) is 6.10 Å². The van der Waals surface area contributed by atoms with Gasteiger partial charge in [0.15, 0.2) is 0 Å². The molecule has 1 aliphatic heterocycles. The Morgan fingerprint density at radius 3 is 2.33 bits per heavy atom. The molecule has 2 nitrogen and oxygen atoms in total. The summed E-state index contributed by atoms with van der Waals surface area (Å²) in [6.45, 7) is 14.6. The summed E-state index contributed by atoms with van der Waals surface area (Å²) in [6, 6.07) is 6.38. The maximum atomic E-state index is 10.4. The lowest BCUT2D eigenvalue weighted by Crippen LogP contribution is -2.27. The van der Waals surface area contributed by atoms with E-state index in [0.29, 0.717) is 5.41 Å². The summed E-state index contributed by atoms with van der Waals surface area (Å²) in [5.74, 6) is 0.788. The average Bonchev–Trinajstić information content (AvgIpc) is 2.83. The first-order valence-electron chi connectivity index (χ1n) is 8.24. The summed E-state index contributed by atoms with van der Waals surface area (Å²) in [7, 11) is 0. The Hall–Kier alpha value is -0.860. The molecular weight excluding hydrogens is 258 g/mol. The molecule has 2 atom stereocenters. The van der Waals surface area contributed by atoms with Crippen LogP contribution in [0.25, 0.3) is 0 Å². The van der Waals surface area contributed by atoms with Gasteiger partial charge in [0.25, 0.3) is 0 Å². The van der Waals surface area contributed by atoms with Crippen LogP contribution in [0.4, 0.5) is 0 Å². The fraction of sp³-hybridized carbons (Fsp3) is 0.684. The van der Waals surface area contributed by atoms with Crippen molar-refractivity contribution in [2.45, 2.75) is 53.6 Å². The third-order valence-corrected chi connectivity index (χ3v) is 4.84. The molecule has 1 aromatic carbocycles. The van der Waals surface area contributed by atoms with E-state index >= 15 is 0 Å². The molecule has 1 heterocycles. The summed E-state index contributed by atoms with van der Waals surface area (Å²) < 4.78 is 0. The Morgan fingerprint density at radius 2 is 1.81 bits per heavy atom. The fourth-order valence-corrected chi connectivity index (χ4v) is 3.42. The van der Waals surface area contributed by atoms with Crippen LogP contribution >= 0.6 is 0 Å². The van der Waals surface area contributed by atoms with Crippen LogP contribution in [0.2, 0.25) is 0 Å². The van der Waals surface area contributed by atoms with Crippen molar-refractivity contribution in [2.24, 2.45) is 11.3 Å². The van der Waals surface area contributed by atoms with Crippen molar-refractivity contribution in [3.05, 3.63) is 34.9 Å². The average molecular weight is 289 g/mol. The quantitative estimate of drug-likeness (QED) is 0.902. The smallest absolute Gasteiger partial charge is 0.0802 e. The maximum Gasteiger partial charge on any atom is 0.0802 e. The minimum atomic E-state index is -0.336. The van der Waals surface area contributed by atoms with Crippen molar-refractivity contribution >= 4 is 0 Å². The Labute approximate surface area is 130 Å². The third-order valence-electron chi connectivity index (χ3n) is 4.84. The number of likely N-dealkylation sites (tertiary alicyclic amines) is 1. The number of aryl methyl sites for hydroxylation is 2. The van der Waals surface area contributed by atoms with Crippen molar-refractivity contribution in [3.8, 4) is 0 Å². The molecule has 1 fully saturated rings. The highest BCUT2D eigenvalue weighted by molar-refractivity contribution is 5.29. The summed E-state index contributed by atoms with van der Waals surface area (Å²) in [6.07, 6.45) is 1.79. The van der Waals surface area contributed by atoms with Gasteiger partial charge >= 0.3 is 0 Å². The van der Waals surface area contributed by atoms with Crippen molar-refractivity contribution in [1.29, 1.82) is 0 Å². The van der Waals surface area contributed by atoms with E-state index in [9.17, 15) is 5.11 Å². The number of aliphatic hydroxyl groups is 1. The topological polar surface area (TPSA) is 23.5 Å². The van der Waals surface area contributed by atoms with Gasteiger partial charge in [0.2, 0.25) is 0 Å².